The van der Waals surface area contributed by atoms with E-state index < -0.39 is 15.6 Å². The predicted molar refractivity (Wildman–Crippen MR) is 89.7 cm³/mol. The SMILES string of the molecule is CN1CCC(NS(=O)(=O)CC2CCCCC2)(C(N)=S)CC1. The molecule has 0 spiro atoms. The van der Waals surface area contributed by atoms with Crippen molar-refractivity contribution in [1.82, 2.24) is 9.62 Å². The van der Waals surface area contributed by atoms with E-state index in [-0.39, 0.29) is 16.7 Å². The lowest BCUT2D eigenvalue weighted by Crippen LogP contribution is -2.61. The Kier molecular flexibility index (Phi) is 5.62. The van der Waals surface area contributed by atoms with E-state index in [1.165, 1.54) is 6.42 Å². The van der Waals surface area contributed by atoms with Gasteiger partial charge >= 0.3 is 0 Å². The number of hydrogen-bond donors (Lipinski definition) is 2. The van der Waals surface area contributed by atoms with Gasteiger partial charge in [0.2, 0.25) is 10.0 Å². The first-order valence-electron chi connectivity index (χ1n) is 7.83. The van der Waals surface area contributed by atoms with Crippen molar-refractivity contribution in [2.45, 2.75) is 50.5 Å². The van der Waals surface area contributed by atoms with Crippen LogP contribution < -0.4 is 10.5 Å². The fraction of sp³-hybridized carbons (Fsp3) is 0.929. The minimum atomic E-state index is -3.34. The van der Waals surface area contributed by atoms with Gasteiger partial charge in [-0.25, -0.2) is 13.1 Å². The molecule has 0 amide bonds. The first-order chi connectivity index (χ1) is 9.83. The highest BCUT2D eigenvalue weighted by Crippen LogP contribution is 2.27. The van der Waals surface area contributed by atoms with E-state index in [0.29, 0.717) is 12.8 Å². The van der Waals surface area contributed by atoms with Crippen molar-refractivity contribution in [3.8, 4) is 0 Å². The third-order valence-electron chi connectivity index (χ3n) is 4.84. The molecule has 21 heavy (non-hydrogen) atoms. The zero-order chi connectivity index (χ0) is 15.5. The van der Waals surface area contributed by atoms with E-state index in [1.54, 1.807) is 0 Å². The number of piperidine rings is 1. The first-order valence-corrected chi connectivity index (χ1v) is 9.89. The average Bonchev–Trinajstić information content (AvgIpc) is 2.41. The van der Waals surface area contributed by atoms with Crippen LogP contribution in [0.5, 0.6) is 0 Å². The quantitative estimate of drug-likeness (QED) is 0.740. The molecule has 0 aromatic rings. The maximum Gasteiger partial charge on any atom is 0.212 e. The minimum Gasteiger partial charge on any atom is -0.392 e. The summed E-state index contributed by atoms with van der Waals surface area (Å²) in [5, 5.41) is 0. The summed E-state index contributed by atoms with van der Waals surface area (Å²) in [4.78, 5) is 2.45. The molecule has 2 fully saturated rings. The maximum absolute atomic E-state index is 12.5. The van der Waals surface area contributed by atoms with Crippen molar-refractivity contribution >= 4 is 27.2 Å². The Bertz CT molecular complexity index is 465. The van der Waals surface area contributed by atoms with Crippen LogP contribution in [0.3, 0.4) is 0 Å². The third kappa shape index (κ3) is 4.61. The Labute approximate surface area is 133 Å². The number of nitrogens with one attached hydrogen (secondary N) is 1. The summed E-state index contributed by atoms with van der Waals surface area (Å²) < 4.78 is 27.9. The molecule has 0 bridgehead atoms. The number of thiocarbonyl (C=S) groups is 1. The summed E-state index contributed by atoms with van der Waals surface area (Å²) in [5.41, 5.74) is 5.15. The van der Waals surface area contributed by atoms with Crippen molar-refractivity contribution in [2.24, 2.45) is 11.7 Å². The number of nitrogens with two attached hydrogens (primary N) is 1. The molecular formula is C14H27N3O2S2. The van der Waals surface area contributed by atoms with Crippen LogP contribution in [0.1, 0.15) is 44.9 Å². The van der Waals surface area contributed by atoms with Gasteiger partial charge in [0.1, 0.15) is 0 Å². The van der Waals surface area contributed by atoms with Gasteiger partial charge in [0, 0.05) is 13.1 Å². The zero-order valence-corrected chi connectivity index (χ0v) is 14.4. The maximum atomic E-state index is 12.5. The van der Waals surface area contributed by atoms with Gasteiger partial charge in [0.25, 0.3) is 0 Å². The fourth-order valence-corrected chi connectivity index (χ4v) is 5.67. The molecule has 0 aromatic carbocycles. The molecule has 0 unspecified atom stereocenters. The van der Waals surface area contributed by atoms with E-state index in [1.807, 2.05) is 7.05 Å². The molecule has 1 aliphatic heterocycles. The second-order valence-corrected chi connectivity index (χ2v) is 8.84. The highest BCUT2D eigenvalue weighted by atomic mass is 32.2. The van der Waals surface area contributed by atoms with E-state index in [2.05, 4.69) is 9.62 Å². The molecule has 1 saturated heterocycles. The summed E-state index contributed by atoms with van der Waals surface area (Å²) in [7, 11) is -1.31. The summed E-state index contributed by atoms with van der Waals surface area (Å²) in [6.07, 6.45) is 6.86. The Morgan fingerprint density at radius 2 is 1.86 bits per heavy atom. The van der Waals surface area contributed by atoms with Crippen LogP contribution in [-0.2, 0) is 10.0 Å². The Balaban J connectivity index is 2.03. The van der Waals surface area contributed by atoms with E-state index in [9.17, 15) is 8.42 Å². The van der Waals surface area contributed by atoms with Crippen LogP contribution in [-0.4, -0.2) is 49.7 Å². The van der Waals surface area contributed by atoms with Gasteiger partial charge in [-0.2, -0.15) is 0 Å². The van der Waals surface area contributed by atoms with Crippen molar-refractivity contribution < 1.29 is 8.42 Å². The molecule has 0 radical (unpaired) electrons. The monoisotopic (exact) mass is 333 g/mol. The molecular weight excluding hydrogens is 306 g/mol. The predicted octanol–water partition coefficient (Wildman–Crippen LogP) is 1.24. The Hall–Kier alpha value is -0.240. The lowest BCUT2D eigenvalue weighted by atomic mass is 9.89. The number of sulfonamides is 1. The molecule has 122 valence electrons. The van der Waals surface area contributed by atoms with Crippen LogP contribution in [0.15, 0.2) is 0 Å². The largest absolute Gasteiger partial charge is 0.392 e. The third-order valence-corrected chi connectivity index (χ3v) is 6.85. The molecule has 0 aromatic heterocycles. The molecule has 7 heteroatoms. The van der Waals surface area contributed by atoms with Gasteiger partial charge in [-0.05, 0) is 38.6 Å². The molecule has 2 rings (SSSR count). The summed E-state index contributed by atoms with van der Waals surface area (Å²) >= 11 is 5.17. The lowest BCUT2D eigenvalue weighted by Gasteiger charge is -2.40. The van der Waals surface area contributed by atoms with Crippen LogP contribution in [0, 0.1) is 5.92 Å². The first kappa shape index (κ1) is 17.1. The zero-order valence-electron chi connectivity index (χ0n) is 12.8. The summed E-state index contributed by atoms with van der Waals surface area (Å²) in [6.45, 7) is 1.62. The molecule has 5 nitrogen and oxygen atoms in total. The Morgan fingerprint density at radius 3 is 2.38 bits per heavy atom. The number of likely N-dealkylation sites (tertiary alicyclic amines) is 1. The van der Waals surface area contributed by atoms with E-state index >= 15 is 0 Å². The number of hydrogen-bond acceptors (Lipinski definition) is 4. The van der Waals surface area contributed by atoms with Crippen molar-refractivity contribution in [1.29, 1.82) is 0 Å². The van der Waals surface area contributed by atoms with Crippen LogP contribution in [0.25, 0.3) is 0 Å². The Morgan fingerprint density at radius 1 is 1.29 bits per heavy atom. The van der Waals surface area contributed by atoms with Crippen LogP contribution in [0.4, 0.5) is 0 Å². The highest BCUT2D eigenvalue weighted by Gasteiger charge is 2.40. The number of rotatable bonds is 5. The van der Waals surface area contributed by atoms with Crippen LogP contribution >= 0.6 is 12.2 Å². The van der Waals surface area contributed by atoms with E-state index in [4.69, 9.17) is 18.0 Å². The lowest BCUT2D eigenvalue weighted by molar-refractivity contribution is 0.220. The topological polar surface area (TPSA) is 75.4 Å². The average molecular weight is 334 g/mol. The molecule has 1 aliphatic carbocycles. The molecule has 1 heterocycles. The summed E-state index contributed by atoms with van der Waals surface area (Å²) in [6, 6.07) is 0. The second-order valence-electron chi connectivity index (χ2n) is 6.64. The fourth-order valence-electron chi connectivity index (χ4n) is 3.40. The van der Waals surface area contributed by atoms with E-state index in [0.717, 1.165) is 38.8 Å². The van der Waals surface area contributed by atoms with Crippen molar-refractivity contribution in [3.63, 3.8) is 0 Å². The van der Waals surface area contributed by atoms with Crippen molar-refractivity contribution in [2.75, 3.05) is 25.9 Å². The smallest absolute Gasteiger partial charge is 0.212 e. The molecule has 2 aliphatic rings. The number of nitrogens with zero attached hydrogens (tertiary/aromatic N) is 1. The van der Waals surface area contributed by atoms with Gasteiger partial charge in [-0.3, -0.25) is 0 Å². The molecule has 0 atom stereocenters. The van der Waals surface area contributed by atoms with Gasteiger partial charge in [0.05, 0.1) is 16.3 Å². The normalized spacial score (nSPS) is 24.8. The second kappa shape index (κ2) is 6.89. The minimum absolute atomic E-state index is 0.215. The van der Waals surface area contributed by atoms with Gasteiger partial charge < -0.3 is 10.6 Å². The molecule has 1 saturated carbocycles. The molecule has 3 N–H and O–H groups in total. The highest BCUT2D eigenvalue weighted by molar-refractivity contribution is 7.89. The van der Waals surface area contributed by atoms with Gasteiger partial charge in [-0.1, -0.05) is 31.5 Å². The summed E-state index contributed by atoms with van der Waals surface area (Å²) in [5.74, 6) is 0.499. The van der Waals surface area contributed by atoms with Crippen molar-refractivity contribution in [3.05, 3.63) is 0 Å². The standard InChI is InChI=1S/C14H27N3O2S2/c1-17-9-7-14(8-10-17,13(15)20)16-21(18,19)11-12-5-3-2-4-6-12/h12,16H,2-11H2,1H3,(H2,15,20). The van der Waals surface area contributed by atoms with Crippen LogP contribution in [0.2, 0.25) is 0 Å². The van der Waals surface area contributed by atoms with Gasteiger partial charge in [0.15, 0.2) is 0 Å². The van der Waals surface area contributed by atoms with Gasteiger partial charge in [-0.15, -0.1) is 0 Å².